The topological polar surface area (TPSA) is 60.0 Å². The van der Waals surface area contributed by atoms with Crippen molar-refractivity contribution in [2.75, 3.05) is 39.2 Å². The molecular formula is C21H22N3O3S+. The number of aromatic nitrogens is 1. The van der Waals surface area contributed by atoms with Gasteiger partial charge in [0.25, 0.3) is 5.91 Å². The number of thiazole rings is 1. The Morgan fingerprint density at radius 2 is 2.04 bits per heavy atom. The van der Waals surface area contributed by atoms with Crippen molar-refractivity contribution >= 4 is 43.6 Å². The van der Waals surface area contributed by atoms with Crippen LogP contribution in [0.4, 0.5) is 5.13 Å². The number of para-hydroxylation sites is 2. The molecule has 144 valence electrons. The number of benzene rings is 2. The number of anilines is 1. The number of nitrogens with zero attached hydrogens (tertiary/aromatic N) is 2. The molecule has 0 bridgehead atoms. The number of rotatable bonds is 6. The summed E-state index contributed by atoms with van der Waals surface area (Å²) in [5, 5.41) is 1.56. The van der Waals surface area contributed by atoms with Gasteiger partial charge in [-0.25, -0.2) is 4.98 Å². The zero-order chi connectivity index (χ0) is 19.7. The van der Waals surface area contributed by atoms with Crippen molar-refractivity contribution in [2.45, 2.75) is 0 Å². The number of carbonyl (C=O) groups is 1. The quantitative estimate of drug-likeness (QED) is 0.545. The number of fused-ring (bicyclic) bond motifs is 2. The highest BCUT2D eigenvalue weighted by molar-refractivity contribution is 7.22. The van der Waals surface area contributed by atoms with Crippen LogP contribution in [0.25, 0.3) is 21.2 Å². The molecule has 0 unspecified atom stereocenters. The van der Waals surface area contributed by atoms with E-state index in [9.17, 15) is 4.79 Å². The maximum atomic E-state index is 13.3. The number of furan rings is 1. The molecule has 0 atom stereocenters. The van der Waals surface area contributed by atoms with Gasteiger partial charge in [-0.1, -0.05) is 35.6 Å². The standard InChI is InChI=1S/C21H21N3O3S/c1-23(2)11-12-24(20(25)17-13-14-7-4-5-8-15(14)27-17)21-22-19-16(26-3)9-6-10-18(19)28-21/h4-10,13H,11-12H2,1-3H3/p+1. The number of carbonyl (C=O) groups excluding carboxylic acids is 1. The van der Waals surface area contributed by atoms with E-state index in [0.29, 0.717) is 28.8 Å². The molecule has 0 spiro atoms. The number of likely N-dealkylation sites (N-methyl/N-ethyl adjacent to an activating group) is 1. The lowest BCUT2D eigenvalue weighted by Gasteiger charge is -2.19. The van der Waals surface area contributed by atoms with Gasteiger partial charge in [-0.05, 0) is 24.3 Å². The fourth-order valence-corrected chi connectivity index (χ4v) is 4.04. The van der Waals surface area contributed by atoms with Gasteiger partial charge in [0.15, 0.2) is 10.9 Å². The van der Waals surface area contributed by atoms with E-state index >= 15 is 0 Å². The molecule has 4 rings (SSSR count). The van der Waals surface area contributed by atoms with Gasteiger partial charge >= 0.3 is 0 Å². The molecule has 0 aliphatic heterocycles. The van der Waals surface area contributed by atoms with Crippen LogP contribution in [0.1, 0.15) is 10.6 Å². The summed E-state index contributed by atoms with van der Waals surface area (Å²) < 4.78 is 12.2. The molecule has 6 nitrogen and oxygen atoms in total. The molecule has 0 radical (unpaired) electrons. The van der Waals surface area contributed by atoms with E-state index in [4.69, 9.17) is 14.1 Å². The molecule has 2 aromatic carbocycles. The van der Waals surface area contributed by atoms with Gasteiger partial charge in [-0.2, -0.15) is 0 Å². The average molecular weight is 396 g/mol. The van der Waals surface area contributed by atoms with Crippen molar-refractivity contribution in [3.8, 4) is 5.75 Å². The predicted octanol–water partition coefficient (Wildman–Crippen LogP) is 2.84. The average Bonchev–Trinajstić information content (AvgIpc) is 3.31. The van der Waals surface area contributed by atoms with E-state index in [1.165, 1.54) is 16.2 Å². The summed E-state index contributed by atoms with van der Waals surface area (Å²) in [4.78, 5) is 21.0. The van der Waals surface area contributed by atoms with Gasteiger partial charge in [0.1, 0.15) is 16.8 Å². The maximum Gasteiger partial charge on any atom is 0.296 e. The Morgan fingerprint density at radius 3 is 2.79 bits per heavy atom. The van der Waals surface area contributed by atoms with E-state index in [1.807, 2.05) is 42.5 Å². The Kier molecular flexibility index (Phi) is 5.02. The van der Waals surface area contributed by atoms with Crippen molar-refractivity contribution in [1.82, 2.24) is 4.98 Å². The van der Waals surface area contributed by atoms with Crippen molar-refractivity contribution < 1.29 is 18.8 Å². The summed E-state index contributed by atoms with van der Waals surface area (Å²) >= 11 is 1.48. The summed E-state index contributed by atoms with van der Waals surface area (Å²) in [6.45, 7) is 1.33. The third kappa shape index (κ3) is 3.46. The highest BCUT2D eigenvalue weighted by Crippen LogP contribution is 2.34. The summed E-state index contributed by atoms with van der Waals surface area (Å²) in [5.74, 6) is 0.839. The SMILES string of the molecule is COc1cccc2sc(N(CC[NH+](C)C)C(=O)c3cc4ccccc4o3)nc12. The lowest BCUT2D eigenvalue weighted by Crippen LogP contribution is -3.06. The van der Waals surface area contributed by atoms with Crippen molar-refractivity contribution in [3.05, 3.63) is 54.3 Å². The minimum absolute atomic E-state index is 0.185. The third-order valence-corrected chi connectivity index (χ3v) is 5.58. The van der Waals surface area contributed by atoms with Crippen LogP contribution in [-0.4, -0.2) is 45.2 Å². The van der Waals surface area contributed by atoms with E-state index in [2.05, 4.69) is 14.1 Å². The summed E-state index contributed by atoms with van der Waals surface area (Å²) in [6, 6.07) is 15.2. The largest absolute Gasteiger partial charge is 0.494 e. The molecular weight excluding hydrogens is 374 g/mol. The van der Waals surface area contributed by atoms with Crippen LogP contribution in [-0.2, 0) is 0 Å². The molecule has 0 aliphatic rings. The Labute approximate surface area is 166 Å². The number of ether oxygens (including phenoxy) is 1. The van der Waals surface area contributed by atoms with E-state index in [0.717, 1.165) is 22.1 Å². The molecule has 1 N–H and O–H groups in total. The Balaban J connectivity index is 1.75. The first-order valence-corrected chi connectivity index (χ1v) is 9.91. The molecule has 7 heteroatoms. The van der Waals surface area contributed by atoms with E-state index in [1.54, 1.807) is 18.1 Å². The molecule has 1 amide bonds. The molecule has 2 heterocycles. The molecule has 28 heavy (non-hydrogen) atoms. The van der Waals surface area contributed by atoms with Gasteiger partial charge in [0.2, 0.25) is 0 Å². The van der Waals surface area contributed by atoms with Gasteiger partial charge in [-0.15, -0.1) is 0 Å². The van der Waals surface area contributed by atoms with Crippen LogP contribution in [0.15, 0.2) is 52.9 Å². The first-order chi connectivity index (χ1) is 13.6. The fourth-order valence-electron chi connectivity index (χ4n) is 3.03. The Hall–Kier alpha value is -2.90. The van der Waals surface area contributed by atoms with Crippen molar-refractivity contribution in [2.24, 2.45) is 0 Å². The third-order valence-electron chi connectivity index (χ3n) is 4.54. The molecule has 2 aromatic heterocycles. The van der Waals surface area contributed by atoms with Crippen LogP contribution in [0.5, 0.6) is 5.75 Å². The number of quaternary nitrogens is 1. The Bertz CT molecular complexity index is 1100. The first kappa shape index (κ1) is 18.5. The summed E-state index contributed by atoms with van der Waals surface area (Å²) in [7, 11) is 5.75. The Morgan fingerprint density at radius 1 is 1.21 bits per heavy atom. The van der Waals surface area contributed by atoms with Crippen LogP contribution in [0.2, 0.25) is 0 Å². The number of amides is 1. The minimum atomic E-state index is -0.185. The minimum Gasteiger partial charge on any atom is -0.494 e. The number of nitrogens with one attached hydrogen (secondary N) is 1. The molecule has 0 aliphatic carbocycles. The highest BCUT2D eigenvalue weighted by Gasteiger charge is 2.25. The molecule has 0 fully saturated rings. The number of methoxy groups -OCH3 is 1. The van der Waals surface area contributed by atoms with Crippen LogP contribution < -0.4 is 14.5 Å². The van der Waals surface area contributed by atoms with Crippen molar-refractivity contribution in [1.29, 1.82) is 0 Å². The molecule has 4 aromatic rings. The van der Waals surface area contributed by atoms with Crippen molar-refractivity contribution in [3.63, 3.8) is 0 Å². The van der Waals surface area contributed by atoms with Crippen LogP contribution >= 0.6 is 11.3 Å². The predicted molar refractivity (Wildman–Crippen MR) is 112 cm³/mol. The lowest BCUT2D eigenvalue weighted by molar-refractivity contribution is -0.856. The number of hydrogen-bond donors (Lipinski definition) is 1. The molecule has 0 saturated heterocycles. The van der Waals surface area contributed by atoms with Crippen LogP contribution in [0, 0.1) is 0 Å². The van der Waals surface area contributed by atoms with Gasteiger partial charge in [0, 0.05) is 5.39 Å². The van der Waals surface area contributed by atoms with Gasteiger partial charge in [0.05, 0.1) is 39.0 Å². The summed E-state index contributed by atoms with van der Waals surface area (Å²) in [5.41, 5.74) is 1.47. The monoisotopic (exact) mass is 396 g/mol. The van der Waals surface area contributed by atoms with E-state index in [-0.39, 0.29) is 5.91 Å². The second-order valence-corrected chi connectivity index (χ2v) is 7.87. The molecule has 0 saturated carbocycles. The lowest BCUT2D eigenvalue weighted by atomic mass is 10.2. The second kappa shape index (κ2) is 7.61. The summed E-state index contributed by atoms with van der Waals surface area (Å²) in [6.07, 6.45) is 0. The van der Waals surface area contributed by atoms with Gasteiger partial charge in [-0.3, -0.25) is 9.69 Å². The smallest absolute Gasteiger partial charge is 0.296 e. The fraction of sp³-hybridized carbons (Fsp3) is 0.238. The van der Waals surface area contributed by atoms with Gasteiger partial charge < -0.3 is 14.1 Å². The zero-order valence-corrected chi connectivity index (χ0v) is 16.9. The zero-order valence-electron chi connectivity index (χ0n) is 16.1. The second-order valence-electron chi connectivity index (χ2n) is 6.87. The first-order valence-electron chi connectivity index (χ1n) is 9.10. The number of hydrogen-bond acceptors (Lipinski definition) is 5. The maximum absolute atomic E-state index is 13.3. The van der Waals surface area contributed by atoms with Crippen LogP contribution in [0.3, 0.4) is 0 Å². The van der Waals surface area contributed by atoms with E-state index < -0.39 is 0 Å². The highest BCUT2D eigenvalue weighted by atomic mass is 32.1. The normalized spacial score (nSPS) is 11.4.